The predicted octanol–water partition coefficient (Wildman–Crippen LogP) is 4.97. The third kappa shape index (κ3) is 3.39. The van der Waals surface area contributed by atoms with E-state index in [0.29, 0.717) is 17.9 Å². The van der Waals surface area contributed by atoms with Gasteiger partial charge in [0.15, 0.2) is 0 Å². The van der Waals surface area contributed by atoms with Crippen molar-refractivity contribution in [2.45, 2.75) is 26.3 Å². The van der Waals surface area contributed by atoms with Gasteiger partial charge < -0.3 is 14.0 Å². The maximum absolute atomic E-state index is 13.7. The molecule has 0 aliphatic carbocycles. The van der Waals surface area contributed by atoms with Crippen molar-refractivity contribution in [2.24, 2.45) is 0 Å². The second-order valence-electron chi connectivity index (χ2n) is 7.77. The summed E-state index contributed by atoms with van der Waals surface area (Å²) in [4.78, 5) is 22.7. The number of thiazole rings is 1. The standard InChI is InChI=1S/C25H23N3O3S/c1-15-14-32-24(27-15)20-12-19(18-11-17(30-2)6-7-22(18)31-3)23-21-13-26-9-8-16(21)5-4-10-28(23)25(20)29/h6-9,11-14H,4-5,10H2,1-3H3. The van der Waals surface area contributed by atoms with Crippen LogP contribution in [0.3, 0.4) is 0 Å². The van der Waals surface area contributed by atoms with Gasteiger partial charge in [-0.3, -0.25) is 9.78 Å². The van der Waals surface area contributed by atoms with Gasteiger partial charge in [0, 0.05) is 46.7 Å². The zero-order chi connectivity index (χ0) is 22.2. The normalized spacial score (nSPS) is 12.6. The lowest BCUT2D eigenvalue weighted by molar-refractivity contribution is 0.404. The molecule has 3 aromatic heterocycles. The Hall–Kier alpha value is -3.45. The SMILES string of the molecule is COc1ccc(OC)c(-c2cc(-c3nc(C)cs3)c(=O)n3c2-c2cnccc2CCC3)c1. The topological polar surface area (TPSA) is 66.2 Å². The van der Waals surface area contributed by atoms with Gasteiger partial charge in [0.05, 0.1) is 25.5 Å². The van der Waals surface area contributed by atoms with Gasteiger partial charge >= 0.3 is 0 Å². The number of aromatic nitrogens is 3. The van der Waals surface area contributed by atoms with Crippen molar-refractivity contribution in [3.05, 3.63) is 69.7 Å². The molecule has 0 saturated carbocycles. The first-order valence-electron chi connectivity index (χ1n) is 10.5. The van der Waals surface area contributed by atoms with Gasteiger partial charge in [-0.2, -0.15) is 0 Å². The van der Waals surface area contributed by atoms with Crippen LogP contribution in [0.4, 0.5) is 0 Å². The van der Waals surface area contributed by atoms with E-state index in [0.717, 1.165) is 51.7 Å². The number of benzene rings is 1. The molecule has 0 saturated heterocycles. The molecule has 0 spiro atoms. The Morgan fingerprint density at radius 1 is 1.03 bits per heavy atom. The molecule has 32 heavy (non-hydrogen) atoms. The largest absolute Gasteiger partial charge is 0.497 e. The number of rotatable bonds is 4. The smallest absolute Gasteiger partial charge is 0.261 e. The summed E-state index contributed by atoms with van der Waals surface area (Å²) in [5.74, 6) is 1.43. The van der Waals surface area contributed by atoms with Crippen LogP contribution in [-0.4, -0.2) is 28.8 Å². The van der Waals surface area contributed by atoms with E-state index >= 15 is 0 Å². The van der Waals surface area contributed by atoms with Crippen LogP contribution in [0.1, 0.15) is 17.7 Å². The molecular formula is C25H23N3O3S. The summed E-state index contributed by atoms with van der Waals surface area (Å²) in [6.07, 6.45) is 5.43. The predicted molar refractivity (Wildman–Crippen MR) is 127 cm³/mol. The van der Waals surface area contributed by atoms with E-state index in [9.17, 15) is 4.79 Å². The molecule has 0 atom stereocenters. The fourth-order valence-corrected chi connectivity index (χ4v) is 5.12. The maximum atomic E-state index is 13.7. The van der Waals surface area contributed by atoms with Gasteiger partial charge in [0.25, 0.3) is 5.56 Å². The van der Waals surface area contributed by atoms with Gasteiger partial charge in [0.2, 0.25) is 0 Å². The first-order chi connectivity index (χ1) is 15.6. The lowest BCUT2D eigenvalue weighted by atomic mass is 9.94. The summed E-state index contributed by atoms with van der Waals surface area (Å²) < 4.78 is 13.1. The molecule has 0 fully saturated rings. The van der Waals surface area contributed by atoms with Crippen LogP contribution < -0.4 is 15.0 Å². The molecule has 1 aromatic carbocycles. The lowest BCUT2D eigenvalue weighted by Gasteiger charge is -2.20. The molecule has 5 rings (SSSR count). The third-order valence-electron chi connectivity index (χ3n) is 5.83. The molecule has 1 aliphatic heterocycles. The summed E-state index contributed by atoms with van der Waals surface area (Å²) in [5.41, 5.74) is 6.26. The quantitative estimate of drug-likeness (QED) is 0.444. The average molecular weight is 446 g/mol. The number of fused-ring (bicyclic) bond motifs is 3. The summed E-state index contributed by atoms with van der Waals surface area (Å²) >= 11 is 1.49. The van der Waals surface area contributed by atoms with Gasteiger partial charge in [-0.15, -0.1) is 11.3 Å². The van der Waals surface area contributed by atoms with E-state index in [1.807, 2.05) is 59.6 Å². The number of hydrogen-bond acceptors (Lipinski definition) is 6. The minimum absolute atomic E-state index is 0.0309. The van der Waals surface area contributed by atoms with Crippen LogP contribution in [0.5, 0.6) is 11.5 Å². The fourth-order valence-electron chi connectivity index (χ4n) is 4.31. The average Bonchev–Trinajstić information content (AvgIpc) is 3.15. The summed E-state index contributed by atoms with van der Waals surface area (Å²) in [6.45, 7) is 2.56. The molecular weight excluding hydrogens is 422 g/mol. The Balaban J connectivity index is 1.91. The van der Waals surface area contributed by atoms with Gasteiger partial charge in [-0.1, -0.05) is 0 Å². The third-order valence-corrected chi connectivity index (χ3v) is 6.82. The Labute approximate surface area is 190 Å². The van der Waals surface area contributed by atoms with E-state index in [1.165, 1.54) is 16.9 Å². The number of ether oxygens (including phenoxy) is 2. The Morgan fingerprint density at radius 3 is 2.66 bits per heavy atom. The molecule has 0 unspecified atom stereocenters. The zero-order valence-corrected chi connectivity index (χ0v) is 19.0. The van der Waals surface area contributed by atoms with E-state index in [-0.39, 0.29) is 5.56 Å². The molecule has 1 aliphatic rings. The lowest BCUT2D eigenvalue weighted by Crippen LogP contribution is -2.24. The monoisotopic (exact) mass is 445 g/mol. The molecule has 6 nitrogen and oxygen atoms in total. The van der Waals surface area contributed by atoms with Gasteiger partial charge in [0.1, 0.15) is 16.5 Å². The van der Waals surface area contributed by atoms with E-state index in [1.54, 1.807) is 14.2 Å². The van der Waals surface area contributed by atoms with Crippen LogP contribution in [0.15, 0.2) is 52.9 Å². The van der Waals surface area contributed by atoms with Crippen molar-refractivity contribution in [3.8, 4) is 44.5 Å². The minimum atomic E-state index is -0.0309. The van der Waals surface area contributed by atoms with Crippen molar-refractivity contribution >= 4 is 11.3 Å². The number of pyridine rings is 2. The molecule has 0 N–H and O–H groups in total. The second-order valence-corrected chi connectivity index (χ2v) is 8.63. The highest BCUT2D eigenvalue weighted by atomic mass is 32.1. The van der Waals surface area contributed by atoms with Crippen LogP contribution in [0.2, 0.25) is 0 Å². The van der Waals surface area contributed by atoms with Crippen molar-refractivity contribution in [3.63, 3.8) is 0 Å². The number of hydrogen-bond donors (Lipinski definition) is 0. The fraction of sp³-hybridized carbons (Fsp3) is 0.240. The first kappa shape index (κ1) is 20.5. The van der Waals surface area contributed by atoms with E-state index in [4.69, 9.17) is 9.47 Å². The van der Waals surface area contributed by atoms with Crippen molar-refractivity contribution < 1.29 is 9.47 Å². The Bertz CT molecular complexity index is 1370. The van der Waals surface area contributed by atoms with Crippen molar-refractivity contribution in [2.75, 3.05) is 14.2 Å². The van der Waals surface area contributed by atoms with Crippen LogP contribution in [0.25, 0.3) is 33.0 Å². The van der Waals surface area contributed by atoms with Gasteiger partial charge in [-0.25, -0.2) is 4.98 Å². The van der Waals surface area contributed by atoms with Crippen molar-refractivity contribution in [1.29, 1.82) is 0 Å². The molecule has 162 valence electrons. The summed E-state index contributed by atoms with van der Waals surface area (Å²) in [6, 6.07) is 9.71. The molecule has 0 bridgehead atoms. The highest BCUT2D eigenvalue weighted by Crippen LogP contribution is 2.42. The van der Waals surface area contributed by atoms with E-state index < -0.39 is 0 Å². The summed E-state index contributed by atoms with van der Waals surface area (Å²) in [5, 5.41) is 2.69. The first-order valence-corrected chi connectivity index (χ1v) is 11.3. The second kappa shape index (κ2) is 8.24. The molecule has 4 aromatic rings. The highest BCUT2D eigenvalue weighted by Gasteiger charge is 2.25. The van der Waals surface area contributed by atoms with Crippen LogP contribution in [-0.2, 0) is 13.0 Å². The van der Waals surface area contributed by atoms with E-state index in [2.05, 4.69) is 9.97 Å². The number of methoxy groups -OCH3 is 2. The summed E-state index contributed by atoms with van der Waals surface area (Å²) in [7, 11) is 3.30. The Kier molecular flexibility index (Phi) is 5.27. The van der Waals surface area contributed by atoms with Gasteiger partial charge in [-0.05, 0) is 55.7 Å². The minimum Gasteiger partial charge on any atom is -0.497 e. The van der Waals surface area contributed by atoms with Crippen LogP contribution in [0, 0.1) is 6.92 Å². The molecule has 4 heterocycles. The molecule has 0 amide bonds. The van der Waals surface area contributed by atoms with Crippen LogP contribution >= 0.6 is 11.3 Å². The Morgan fingerprint density at radius 2 is 1.91 bits per heavy atom. The number of aryl methyl sites for hydroxylation is 2. The highest BCUT2D eigenvalue weighted by molar-refractivity contribution is 7.13. The molecule has 0 radical (unpaired) electrons. The maximum Gasteiger partial charge on any atom is 0.261 e. The van der Waals surface area contributed by atoms with Crippen molar-refractivity contribution in [1.82, 2.24) is 14.5 Å². The number of nitrogens with zero attached hydrogens (tertiary/aromatic N) is 3. The zero-order valence-electron chi connectivity index (χ0n) is 18.2. The molecule has 7 heteroatoms.